The summed E-state index contributed by atoms with van der Waals surface area (Å²) in [7, 11) is 0. The summed E-state index contributed by atoms with van der Waals surface area (Å²) in [6.07, 6.45) is -0.832. The van der Waals surface area contributed by atoms with E-state index in [1.165, 1.54) is 0 Å². The molecule has 102 valence electrons. The molecule has 7 heteroatoms. The third-order valence-corrected chi connectivity index (χ3v) is 2.84. The van der Waals surface area contributed by atoms with Crippen LogP contribution in [0.5, 0.6) is 0 Å². The smallest absolute Gasteiger partial charge is 0.258 e. The predicted octanol–water partition coefficient (Wildman–Crippen LogP) is 0.0193. The Morgan fingerprint density at radius 1 is 1.47 bits per heavy atom. The lowest BCUT2D eigenvalue weighted by molar-refractivity contribution is 0.0941. The van der Waals surface area contributed by atoms with Crippen molar-refractivity contribution in [2.24, 2.45) is 0 Å². The van der Waals surface area contributed by atoms with Gasteiger partial charge in [-0.05, 0) is 18.2 Å². The molecule has 2 rings (SSSR count). The maximum Gasteiger partial charge on any atom is 0.258 e. The van der Waals surface area contributed by atoms with Crippen molar-refractivity contribution in [3.63, 3.8) is 0 Å². The van der Waals surface area contributed by atoms with E-state index >= 15 is 0 Å². The van der Waals surface area contributed by atoms with Gasteiger partial charge in [-0.3, -0.25) is 4.79 Å². The maximum atomic E-state index is 11.8. The molecular formula is C12H14ClN3O3. The molecule has 6 nitrogen and oxygen atoms in total. The fraction of sp³-hybridized carbons (Fsp3) is 0.333. The lowest BCUT2D eigenvalue weighted by Gasteiger charge is -2.08. The minimum atomic E-state index is -0.832. The first-order valence-electron chi connectivity index (χ1n) is 5.78. The zero-order valence-corrected chi connectivity index (χ0v) is 10.8. The number of hydrogen-bond acceptors (Lipinski definition) is 5. The molecule has 0 radical (unpaired) electrons. The topological polar surface area (TPSA) is 98.2 Å². The number of fused-ring (bicyclic) bond motifs is 1. The summed E-state index contributed by atoms with van der Waals surface area (Å²) in [5.74, 6) is 0.449. The zero-order chi connectivity index (χ0) is 13.8. The molecule has 0 aliphatic carbocycles. The summed E-state index contributed by atoms with van der Waals surface area (Å²) in [6, 6.07) is 4.88. The molecule has 1 atom stereocenters. The molecule has 1 unspecified atom stereocenters. The number of aromatic amines is 1. The number of rotatable bonds is 5. The molecule has 0 amide bonds. The van der Waals surface area contributed by atoms with E-state index in [0.717, 1.165) is 0 Å². The summed E-state index contributed by atoms with van der Waals surface area (Å²) >= 11 is 5.86. The number of nitrogens with zero attached hydrogens (tertiary/aromatic N) is 1. The molecule has 0 bridgehead atoms. The van der Waals surface area contributed by atoms with Crippen molar-refractivity contribution in [1.82, 2.24) is 15.3 Å². The molecule has 1 aromatic heterocycles. The van der Waals surface area contributed by atoms with Crippen LogP contribution in [-0.2, 0) is 6.54 Å². The Morgan fingerprint density at radius 2 is 2.26 bits per heavy atom. The molecule has 0 saturated heterocycles. The van der Waals surface area contributed by atoms with Crippen molar-refractivity contribution < 1.29 is 10.2 Å². The minimum absolute atomic E-state index is 0.216. The lowest BCUT2D eigenvalue weighted by atomic mass is 10.2. The van der Waals surface area contributed by atoms with Gasteiger partial charge in [0, 0.05) is 11.6 Å². The van der Waals surface area contributed by atoms with E-state index < -0.39 is 6.10 Å². The number of aliphatic hydroxyl groups excluding tert-OH is 2. The average Bonchev–Trinajstić information content (AvgIpc) is 2.38. The first-order chi connectivity index (χ1) is 9.10. The molecule has 1 heterocycles. The van der Waals surface area contributed by atoms with E-state index in [-0.39, 0.29) is 25.3 Å². The fourth-order valence-electron chi connectivity index (χ4n) is 1.67. The summed E-state index contributed by atoms with van der Waals surface area (Å²) in [5, 5.41) is 21.7. The molecule has 0 saturated carbocycles. The van der Waals surface area contributed by atoms with E-state index in [4.69, 9.17) is 16.7 Å². The van der Waals surface area contributed by atoms with Crippen LogP contribution in [0, 0.1) is 0 Å². The Balaban J connectivity index is 2.18. The largest absolute Gasteiger partial charge is 0.394 e. The Morgan fingerprint density at radius 3 is 3.00 bits per heavy atom. The summed E-state index contributed by atoms with van der Waals surface area (Å²) in [4.78, 5) is 18.7. The highest BCUT2D eigenvalue weighted by Gasteiger charge is 2.05. The molecule has 1 aromatic carbocycles. The number of hydrogen-bond donors (Lipinski definition) is 4. The zero-order valence-electron chi connectivity index (χ0n) is 10.1. The van der Waals surface area contributed by atoms with Gasteiger partial charge in [0.15, 0.2) is 0 Å². The molecule has 19 heavy (non-hydrogen) atoms. The SMILES string of the molecule is O=c1[nH]c(CNCC(O)CO)nc2cc(Cl)ccc12. The quantitative estimate of drug-likeness (QED) is 0.620. The monoisotopic (exact) mass is 283 g/mol. The highest BCUT2D eigenvalue weighted by molar-refractivity contribution is 6.31. The first kappa shape index (κ1) is 14.0. The Labute approximate surface area is 114 Å². The molecule has 0 spiro atoms. The lowest BCUT2D eigenvalue weighted by Crippen LogP contribution is -2.30. The molecular weight excluding hydrogens is 270 g/mol. The number of nitrogens with one attached hydrogen (secondary N) is 2. The summed E-state index contributed by atoms with van der Waals surface area (Å²) in [6.45, 7) is 0.187. The highest BCUT2D eigenvalue weighted by Crippen LogP contribution is 2.14. The second-order valence-corrected chi connectivity index (χ2v) is 4.58. The fourth-order valence-corrected chi connectivity index (χ4v) is 1.83. The van der Waals surface area contributed by atoms with Crippen LogP contribution in [0.15, 0.2) is 23.0 Å². The van der Waals surface area contributed by atoms with Crippen LogP contribution in [0.3, 0.4) is 0 Å². The van der Waals surface area contributed by atoms with Crippen molar-refractivity contribution in [2.45, 2.75) is 12.6 Å². The van der Waals surface area contributed by atoms with Crippen molar-refractivity contribution in [2.75, 3.05) is 13.2 Å². The van der Waals surface area contributed by atoms with Crippen LogP contribution in [0.25, 0.3) is 10.9 Å². The number of H-pyrrole nitrogens is 1. The molecule has 0 fully saturated rings. The van der Waals surface area contributed by atoms with Crippen LogP contribution in [0.1, 0.15) is 5.82 Å². The van der Waals surface area contributed by atoms with Gasteiger partial charge in [-0.1, -0.05) is 11.6 Å². The summed E-state index contributed by atoms with van der Waals surface area (Å²) in [5.41, 5.74) is 0.289. The van der Waals surface area contributed by atoms with E-state index in [2.05, 4.69) is 15.3 Å². The molecule has 0 aliphatic heterocycles. The molecule has 2 aromatic rings. The number of halogens is 1. The van der Waals surface area contributed by atoms with Crippen molar-refractivity contribution in [3.05, 3.63) is 39.4 Å². The average molecular weight is 284 g/mol. The van der Waals surface area contributed by atoms with E-state index in [9.17, 15) is 9.90 Å². The normalized spacial score (nSPS) is 12.8. The second-order valence-electron chi connectivity index (χ2n) is 4.14. The Bertz CT molecular complexity index is 629. The van der Waals surface area contributed by atoms with Gasteiger partial charge >= 0.3 is 0 Å². The minimum Gasteiger partial charge on any atom is -0.394 e. The van der Waals surface area contributed by atoms with Crippen LogP contribution in [-0.4, -0.2) is 39.4 Å². The van der Waals surface area contributed by atoms with Gasteiger partial charge in [-0.2, -0.15) is 0 Å². The van der Waals surface area contributed by atoms with Gasteiger partial charge in [0.25, 0.3) is 5.56 Å². The number of benzene rings is 1. The molecule has 0 aliphatic rings. The van der Waals surface area contributed by atoms with E-state index in [1.807, 2.05) is 0 Å². The van der Waals surface area contributed by atoms with E-state index in [1.54, 1.807) is 18.2 Å². The molecule has 4 N–H and O–H groups in total. The van der Waals surface area contributed by atoms with Crippen LogP contribution >= 0.6 is 11.6 Å². The van der Waals surface area contributed by atoms with E-state index in [0.29, 0.717) is 21.7 Å². The third-order valence-electron chi connectivity index (χ3n) is 2.60. The predicted molar refractivity (Wildman–Crippen MR) is 72.2 cm³/mol. The van der Waals surface area contributed by atoms with Gasteiger partial charge in [0.2, 0.25) is 0 Å². The van der Waals surface area contributed by atoms with Gasteiger partial charge < -0.3 is 20.5 Å². The van der Waals surface area contributed by atoms with Crippen molar-refractivity contribution in [1.29, 1.82) is 0 Å². The Kier molecular flexibility index (Phi) is 4.49. The number of aliphatic hydroxyl groups is 2. The number of aromatic nitrogens is 2. The van der Waals surface area contributed by atoms with Gasteiger partial charge in [0.1, 0.15) is 5.82 Å². The van der Waals surface area contributed by atoms with Crippen LogP contribution in [0.2, 0.25) is 5.02 Å². The first-order valence-corrected chi connectivity index (χ1v) is 6.16. The second kappa shape index (κ2) is 6.12. The van der Waals surface area contributed by atoms with Gasteiger partial charge in [0.05, 0.1) is 30.2 Å². The maximum absolute atomic E-state index is 11.8. The van der Waals surface area contributed by atoms with Gasteiger partial charge in [-0.25, -0.2) is 4.98 Å². The van der Waals surface area contributed by atoms with Gasteiger partial charge in [-0.15, -0.1) is 0 Å². The summed E-state index contributed by atoms with van der Waals surface area (Å²) < 4.78 is 0. The van der Waals surface area contributed by atoms with Crippen LogP contribution in [0.4, 0.5) is 0 Å². The Hall–Kier alpha value is -1.47. The van der Waals surface area contributed by atoms with Crippen LogP contribution < -0.4 is 10.9 Å². The van der Waals surface area contributed by atoms with Crippen molar-refractivity contribution >= 4 is 22.5 Å². The third kappa shape index (κ3) is 3.51. The highest BCUT2D eigenvalue weighted by atomic mass is 35.5. The van der Waals surface area contributed by atoms with Crippen molar-refractivity contribution in [3.8, 4) is 0 Å². The standard InChI is InChI=1S/C12H14ClN3O3/c13-7-1-2-9-10(3-7)15-11(16-12(9)19)5-14-4-8(18)6-17/h1-3,8,14,17-18H,4-6H2,(H,15,16,19).